The number of alkyl halides is 1. The Kier molecular flexibility index (Phi) is 5.73. The smallest absolute Gasteiger partial charge is 0.128 e. The van der Waals surface area contributed by atoms with E-state index < -0.39 is 0 Å². The quantitative estimate of drug-likeness (QED) is 0.587. The number of hydrogen-bond acceptors (Lipinski definition) is 2. The third-order valence-electron chi connectivity index (χ3n) is 2.99. The Bertz CT molecular complexity index is 374. The Balaban J connectivity index is 2.86. The van der Waals surface area contributed by atoms with E-state index in [1.807, 2.05) is 18.7 Å². The molecule has 0 bridgehead atoms. The van der Waals surface area contributed by atoms with Crippen LogP contribution in [0.2, 0.25) is 0 Å². The normalized spacial score (nSPS) is 13.7. The molecule has 0 spiro atoms. The van der Waals surface area contributed by atoms with Crippen LogP contribution in [0.4, 0.5) is 0 Å². The summed E-state index contributed by atoms with van der Waals surface area (Å²) in [5.74, 6) is 0. The van der Waals surface area contributed by atoms with Crippen molar-refractivity contribution in [2.45, 2.75) is 45.7 Å². The van der Waals surface area contributed by atoms with Crippen molar-refractivity contribution in [1.82, 2.24) is 14.7 Å². The number of rotatable bonds is 5. The molecular formula is C12H21ClIN3. The lowest BCUT2D eigenvalue weighted by Gasteiger charge is -2.27. The summed E-state index contributed by atoms with van der Waals surface area (Å²) in [6, 6.07) is 0.492. The highest BCUT2D eigenvalue weighted by atomic mass is 127. The fourth-order valence-electron chi connectivity index (χ4n) is 1.78. The van der Waals surface area contributed by atoms with Crippen molar-refractivity contribution in [2.24, 2.45) is 7.05 Å². The van der Waals surface area contributed by atoms with Crippen LogP contribution < -0.4 is 0 Å². The lowest BCUT2D eigenvalue weighted by Crippen LogP contribution is -2.34. The van der Waals surface area contributed by atoms with Crippen LogP contribution in [0.15, 0.2) is 0 Å². The Morgan fingerprint density at radius 3 is 2.35 bits per heavy atom. The van der Waals surface area contributed by atoms with Gasteiger partial charge in [0.05, 0.1) is 0 Å². The molecule has 98 valence electrons. The van der Waals surface area contributed by atoms with E-state index in [0.29, 0.717) is 6.04 Å². The molecule has 1 aromatic heterocycles. The zero-order chi connectivity index (χ0) is 13.2. The van der Waals surface area contributed by atoms with Crippen molar-refractivity contribution in [3.63, 3.8) is 0 Å². The number of aromatic nitrogens is 2. The third-order valence-corrected chi connectivity index (χ3v) is 3.99. The van der Waals surface area contributed by atoms with Gasteiger partial charge in [-0.3, -0.25) is 9.58 Å². The minimum absolute atomic E-state index is 0.173. The average Bonchev–Trinajstić information content (AvgIpc) is 2.43. The van der Waals surface area contributed by atoms with Crippen molar-refractivity contribution in [1.29, 1.82) is 0 Å². The predicted molar refractivity (Wildman–Crippen MR) is 81.5 cm³/mol. The van der Waals surface area contributed by atoms with E-state index in [1.54, 1.807) is 0 Å². The summed E-state index contributed by atoms with van der Waals surface area (Å²) in [6.45, 7) is 10.4. The van der Waals surface area contributed by atoms with Crippen LogP contribution in [0.3, 0.4) is 0 Å². The first-order chi connectivity index (χ1) is 7.82. The van der Waals surface area contributed by atoms with Crippen LogP contribution in [-0.2, 0) is 13.6 Å². The Morgan fingerprint density at radius 1 is 1.41 bits per heavy atom. The van der Waals surface area contributed by atoms with Gasteiger partial charge in [0.1, 0.15) is 3.70 Å². The van der Waals surface area contributed by atoms with Gasteiger partial charge in [0.15, 0.2) is 0 Å². The van der Waals surface area contributed by atoms with E-state index in [-0.39, 0.29) is 5.38 Å². The third kappa shape index (κ3) is 4.10. The van der Waals surface area contributed by atoms with Gasteiger partial charge in [-0.25, -0.2) is 0 Å². The molecule has 1 atom stereocenters. The summed E-state index contributed by atoms with van der Waals surface area (Å²) in [5, 5.41) is 4.62. The highest BCUT2D eigenvalue weighted by Crippen LogP contribution is 2.19. The minimum atomic E-state index is 0.173. The molecular weight excluding hydrogens is 349 g/mol. The number of aryl methyl sites for hydroxylation is 1. The SMILES string of the molecule is Cc1c(CN(CC(C)Cl)C(C)C)c(I)nn1C. The van der Waals surface area contributed by atoms with E-state index >= 15 is 0 Å². The van der Waals surface area contributed by atoms with Crippen LogP contribution in [0.1, 0.15) is 32.0 Å². The molecule has 0 saturated heterocycles. The van der Waals surface area contributed by atoms with Crippen LogP contribution >= 0.6 is 34.2 Å². The monoisotopic (exact) mass is 369 g/mol. The fraction of sp³-hybridized carbons (Fsp3) is 0.750. The molecule has 17 heavy (non-hydrogen) atoms. The summed E-state index contributed by atoms with van der Waals surface area (Å²) in [4.78, 5) is 2.39. The predicted octanol–water partition coefficient (Wildman–Crippen LogP) is 3.17. The standard InChI is InChI=1S/C12H21ClIN3/c1-8(2)17(6-9(3)13)7-11-10(4)16(5)15-12(11)14/h8-9H,6-7H2,1-5H3. The molecule has 1 aromatic rings. The highest BCUT2D eigenvalue weighted by Gasteiger charge is 2.18. The molecule has 5 heteroatoms. The van der Waals surface area contributed by atoms with Gasteiger partial charge in [-0.1, -0.05) is 0 Å². The Morgan fingerprint density at radius 2 is 2.00 bits per heavy atom. The molecule has 0 N–H and O–H groups in total. The zero-order valence-corrected chi connectivity index (χ0v) is 14.1. The van der Waals surface area contributed by atoms with E-state index in [0.717, 1.165) is 16.8 Å². The summed E-state index contributed by atoms with van der Waals surface area (Å²) in [5.41, 5.74) is 2.56. The maximum Gasteiger partial charge on any atom is 0.128 e. The Labute approximate surface area is 123 Å². The molecule has 1 unspecified atom stereocenters. The van der Waals surface area contributed by atoms with Crippen molar-refractivity contribution in [3.8, 4) is 0 Å². The summed E-state index contributed by atoms with van der Waals surface area (Å²) < 4.78 is 3.04. The molecule has 1 heterocycles. The van der Waals surface area contributed by atoms with E-state index in [2.05, 4.69) is 53.4 Å². The van der Waals surface area contributed by atoms with Crippen molar-refractivity contribution >= 4 is 34.2 Å². The highest BCUT2D eigenvalue weighted by molar-refractivity contribution is 14.1. The first-order valence-corrected chi connectivity index (χ1v) is 7.40. The molecule has 0 aliphatic carbocycles. The van der Waals surface area contributed by atoms with Gasteiger partial charge in [-0.15, -0.1) is 11.6 Å². The van der Waals surface area contributed by atoms with Gasteiger partial charge in [-0.2, -0.15) is 5.10 Å². The second kappa shape index (κ2) is 6.38. The largest absolute Gasteiger partial charge is 0.295 e. The molecule has 0 fully saturated rings. The molecule has 1 rings (SSSR count). The van der Waals surface area contributed by atoms with Gasteiger partial charge in [-0.05, 0) is 50.3 Å². The topological polar surface area (TPSA) is 21.1 Å². The lowest BCUT2D eigenvalue weighted by atomic mass is 10.2. The first-order valence-electron chi connectivity index (χ1n) is 5.89. The molecule has 3 nitrogen and oxygen atoms in total. The maximum atomic E-state index is 6.10. The summed E-state index contributed by atoms with van der Waals surface area (Å²) >= 11 is 8.41. The average molecular weight is 370 g/mol. The molecule has 0 aromatic carbocycles. The van der Waals surface area contributed by atoms with Crippen LogP contribution in [-0.4, -0.2) is 32.6 Å². The van der Waals surface area contributed by atoms with Gasteiger partial charge in [0.2, 0.25) is 0 Å². The zero-order valence-electron chi connectivity index (χ0n) is 11.2. The second-order valence-electron chi connectivity index (χ2n) is 4.78. The summed E-state index contributed by atoms with van der Waals surface area (Å²) in [7, 11) is 1.99. The molecule has 0 amide bonds. The van der Waals surface area contributed by atoms with Crippen molar-refractivity contribution < 1.29 is 0 Å². The minimum Gasteiger partial charge on any atom is -0.295 e. The second-order valence-corrected chi connectivity index (χ2v) is 6.55. The Hall–Kier alpha value is 0.190. The summed E-state index contributed by atoms with van der Waals surface area (Å²) in [6.07, 6.45) is 0. The fourth-order valence-corrected chi connectivity index (χ4v) is 2.84. The van der Waals surface area contributed by atoms with Gasteiger partial charge in [0, 0.05) is 42.8 Å². The van der Waals surface area contributed by atoms with Crippen LogP contribution in [0, 0.1) is 10.6 Å². The number of halogens is 2. The van der Waals surface area contributed by atoms with Crippen LogP contribution in [0.5, 0.6) is 0 Å². The first kappa shape index (κ1) is 15.2. The van der Waals surface area contributed by atoms with E-state index in [9.17, 15) is 0 Å². The maximum absolute atomic E-state index is 6.10. The van der Waals surface area contributed by atoms with Crippen molar-refractivity contribution in [3.05, 3.63) is 15.0 Å². The molecule has 0 radical (unpaired) electrons. The molecule has 0 saturated carbocycles. The molecule has 0 aliphatic heterocycles. The number of nitrogens with zero attached hydrogens (tertiary/aromatic N) is 3. The van der Waals surface area contributed by atoms with Crippen LogP contribution in [0.25, 0.3) is 0 Å². The van der Waals surface area contributed by atoms with Crippen molar-refractivity contribution in [2.75, 3.05) is 6.54 Å². The van der Waals surface area contributed by atoms with Gasteiger partial charge < -0.3 is 0 Å². The number of hydrogen-bond donors (Lipinski definition) is 0. The van der Waals surface area contributed by atoms with Gasteiger partial charge >= 0.3 is 0 Å². The van der Waals surface area contributed by atoms with E-state index in [4.69, 9.17) is 11.6 Å². The lowest BCUT2D eigenvalue weighted by molar-refractivity contribution is 0.214. The molecule has 0 aliphatic rings. The van der Waals surface area contributed by atoms with Gasteiger partial charge in [0.25, 0.3) is 0 Å². The van der Waals surface area contributed by atoms with E-state index in [1.165, 1.54) is 11.3 Å².